The summed E-state index contributed by atoms with van der Waals surface area (Å²) in [5.74, 6) is 1.39. The molecular weight excluding hydrogens is 316 g/mol. The molecule has 25 heavy (non-hydrogen) atoms. The molecule has 0 saturated heterocycles. The minimum atomic E-state index is -0.537. The molecule has 5 nitrogen and oxygen atoms in total. The Balaban J connectivity index is 1.54. The van der Waals surface area contributed by atoms with Crippen LogP contribution in [0.15, 0.2) is 54.7 Å². The Labute approximate surface area is 147 Å². The molecule has 1 atom stereocenters. The van der Waals surface area contributed by atoms with E-state index in [-0.39, 0.29) is 5.91 Å². The average molecular weight is 338 g/mol. The quantitative estimate of drug-likeness (QED) is 0.695. The number of fused-ring (bicyclic) bond motifs is 1. The maximum absolute atomic E-state index is 12.2. The number of ether oxygens (including phenoxy) is 2. The van der Waals surface area contributed by atoms with Gasteiger partial charge in [-0.25, -0.2) is 0 Å². The van der Waals surface area contributed by atoms with Gasteiger partial charge in [0, 0.05) is 23.6 Å². The molecule has 1 amide bonds. The first-order valence-electron chi connectivity index (χ1n) is 8.31. The van der Waals surface area contributed by atoms with Crippen molar-refractivity contribution in [3.63, 3.8) is 0 Å². The normalized spacial score (nSPS) is 11.9. The van der Waals surface area contributed by atoms with Crippen molar-refractivity contribution in [1.29, 1.82) is 0 Å². The van der Waals surface area contributed by atoms with E-state index in [0.29, 0.717) is 12.3 Å². The van der Waals surface area contributed by atoms with Crippen molar-refractivity contribution in [3.8, 4) is 11.5 Å². The maximum atomic E-state index is 12.2. The Bertz CT molecular complexity index is 843. The van der Waals surface area contributed by atoms with E-state index in [9.17, 15) is 4.79 Å². The zero-order valence-electron chi connectivity index (χ0n) is 14.4. The molecule has 0 aliphatic carbocycles. The van der Waals surface area contributed by atoms with E-state index < -0.39 is 6.10 Å². The molecule has 1 heterocycles. The molecule has 0 aliphatic rings. The standard InChI is InChI=1S/C20H22N2O3/c1-14(25-16-6-4-3-5-7-16)20(23)21-11-10-15-13-22-19-9-8-17(24-2)12-18(15)19/h3-9,12-14,22H,10-11H2,1-2H3,(H,21,23). The van der Waals surface area contributed by atoms with Gasteiger partial charge >= 0.3 is 0 Å². The number of rotatable bonds is 7. The van der Waals surface area contributed by atoms with E-state index in [0.717, 1.165) is 28.6 Å². The molecule has 2 aromatic carbocycles. The number of nitrogens with one attached hydrogen (secondary N) is 2. The van der Waals surface area contributed by atoms with Crippen LogP contribution in [0.5, 0.6) is 11.5 Å². The first-order valence-corrected chi connectivity index (χ1v) is 8.31. The number of carbonyl (C=O) groups excluding carboxylic acids is 1. The van der Waals surface area contributed by atoms with Crippen molar-refractivity contribution in [1.82, 2.24) is 10.3 Å². The summed E-state index contributed by atoms with van der Waals surface area (Å²) in [5, 5.41) is 4.04. The lowest BCUT2D eigenvalue weighted by atomic mass is 10.1. The summed E-state index contributed by atoms with van der Waals surface area (Å²) >= 11 is 0. The van der Waals surface area contributed by atoms with Gasteiger partial charge < -0.3 is 19.8 Å². The largest absolute Gasteiger partial charge is 0.497 e. The third-order valence-electron chi connectivity index (χ3n) is 4.09. The highest BCUT2D eigenvalue weighted by Crippen LogP contribution is 2.23. The number of aromatic nitrogens is 1. The van der Waals surface area contributed by atoms with E-state index in [4.69, 9.17) is 9.47 Å². The number of hydrogen-bond acceptors (Lipinski definition) is 3. The van der Waals surface area contributed by atoms with Gasteiger partial charge in [0.1, 0.15) is 11.5 Å². The molecule has 5 heteroatoms. The van der Waals surface area contributed by atoms with Crippen LogP contribution in [0.3, 0.4) is 0 Å². The second-order valence-corrected chi connectivity index (χ2v) is 5.84. The molecule has 0 radical (unpaired) electrons. The topological polar surface area (TPSA) is 63.3 Å². The summed E-state index contributed by atoms with van der Waals surface area (Å²) in [6.07, 6.45) is 2.17. The Kier molecular flexibility index (Phi) is 5.23. The first-order chi connectivity index (χ1) is 12.2. The fourth-order valence-electron chi connectivity index (χ4n) is 2.71. The average Bonchev–Trinajstić information content (AvgIpc) is 3.04. The van der Waals surface area contributed by atoms with Crippen molar-refractivity contribution in [2.45, 2.75) is 19.4 Å². The second-order valence-electron chi connectivity index (χ2n) is 5.84. The molecule has 1 unspecified atom stereocenters. The van der Waals surface area contributed by atoms with Crippen LogP contribution in [0.1, 0.15) is 12.5 Å². The number of amides is 1. The van der Waals surface area contributed by atoms with Crippen molar-refractivity contribution in [2.24, 2.45) is 0 Å². The first kappa shape index (κ1) is 16.9. The van der Waals surface area contributed by atoms with Crippen LogP contribution >= 0.6 is 0 Å². The van der Waals surface area contributed by atoms with E-state index >= 15 is 0 Å². The van der Waals surface area contributed by atoms with E-state index in [1.807, 2.05) is 54.7 Å². The predicted molar refractivity (Wildman–Crippen MR) is 98.1 cm³/mol. The van der Waals surface area contributed by atoms with Crippen LogP contribution in [0.4, 0.5) is 0 Å². The highest BCUT2D eigenvalue weighted by Gasteiger charge is 2.14. The minimum absolute atomic E-state index is 0.124. The number of methoxy groups -OCH3 is 1. The third-order valence-corrected chi connectivity index (χ3v) is 4.09. The zero-order chi connectivity index (χ0) is 17.6. The van der Waals surface area contributed by atoms with Gasteiger partial charge in [0.2, 0.25) is 0 Å². The highest BCUT2D eigenvalue weighted by atomic mass is 16.5. The van der Waals surface area contributed by atoms with Crippen LogP contribution in [0, 0.1) is 0 Å². The summed E-state index contributed by atoms with van der Waals surface area (Å²) in [4.78, 5) is 15.4. The fourth-order valence-corrected chi connectivity index (χ4v) is 2.71. The summed E-state index contributed by atoms with van der Waals surface area (Å²) in [5.41, 5.74) is 2.20. The molecular formula is C20H22N2O3. The van der Waals surface area contributed by atoms with E-state index in [2.05, 4.69) is 10.3 Å². The zero-order valence-corrected chi connectivity index (χ0v) is 14.4. The number of carbonyl (C=O) groups is 1. The van der Waals surface area contributed by atoms with E-state index in [1.54, 1.807) is 14.0 Å². The number of H-pyrrole nitrogens is 1. The highest BCUT2D eigenvalue weighted by molar-refractivity contribution is 5.85. The number of para-hydroxylation sites is 1. The fraction of sp³-hybridized carbons (Fsp3) is 0.250. The van der Waals surface area contributed by atoms with Crippen LogP contribution in [0.2, 0.25) is 0 Å². The molecule has 1 aromatic heterocycles. The van der Waals surface area contributed by atoms with Crippen molar-refractivity contribution < 1.29 is 14.3 Å². The van der Waals surface area contributed by atoms with Crippen LogP contribution in [-0.4, -0.2) is 30.6 Å². The molecule has 0 aliphatic heterocycles. The lowest BCUT2D eigenvalue weighted by molar-refractivity contribution is -0.127. The number of aromatic amines is 1. The van der Waals surface area contributed by atoms with Gasteiger partial charge in [-0.1, -0.05) is 18.2 Å². The molecule has 0 bridgehead atoms. The maximum Gasteiger partial charge on any atom is 0.260 e. The van der Waals surface area contributed by atoms with Crippen molar-refractivity contribution in [2.75, 3.05) is 13.7 Å². The summed E-state index contributed by atoms with van der Waals surface area (Å²) in [7, 11) is 1.65. The van der Waals surface area contributed by atoms with Gasteiger partial charge in [-0.15, -0.1) is 0 Å². The Morgan fingerprint density at radius 3 is 2.72 bits per heavy atom. The molecule has 0 spiro atoms. The molecule has 3 rings (SSSR count). The number of hydrogen-bond donors (Lipinski definition) is 2. The van der Waals surface area contributed by atoms with Crippen molar-refractivity contribution >= 4 is 16.8 Å². The molecule has 0 saturated carbocycles. The van der Waals surface area contributed by atoms with Crippen LogP contribution in [-0.2, 0) is 11.2 Å². The van der Waals surface area contributed by atoms with Gasteiger partial charge in [-0.3, -0.25) is 4.79 Å². The second kappa shape index (κ2) is 7.75. The van der Waals surface area contributed by atoms with Gasteiger partial charge in [0.15, 0.2) is 6.10 Å². The monoisotopic (exact) mass is 338 g/mol. The molecule has 2 N–H and O–H groups in total. The predicted octanol–water partition coefficient (Wildman–Crippen LogP) is 3.30. The Morgan fingerprint density at radius 1 is 1.16 bits per heavy atom. The Morgan fingerprint density at radius 2 is 1.96 bits per heavy atom. The Hall–Kier alpha value is -2.95. The molecule has 0 fully saturated rings. The van der Waals surface area contributed by atoms with Gasteiger partial charge in [-0.2, -0.15) is 0 Å². The lowest BCUT2D eigenvalue weighted by Crippen LogP contribution is -2.37. The SMILES string of the molecule is COc1ccc2[nH]cc(CCNC(=O)C(C)Oc3ccccc3)c2c1. The summed E-state index contributed by atoms with van der Waals surface area (Å²) in [6.45, 7) is 2.30. The third kappa shape index (κ3) is 4.12. The summed E-state index contributed by atoms with van der Waals surface area (Å²) < 4.78 is 10.9. The molecule has 3 aromatic rings. The van der Waals surface area contributed by atoms with Gasteiger partial charge in [-0.05, 0) is 49.2 Å². The number of benzene rings is 2. The van der Waals surface area contributed by atoms with Gasteiger partial charge in [0.05, 0.1) is 7.11 Å². The van der Waals surface area contributed by atoms with Crippen LogP contribution in [0.25, 0.3) is 10.9 Å². The minimum Gasteiger partial charge on any atom is -0.497 e. The van der Waals surface area contributed by atoms with Crippen LogP contribution < -0.4 is 14.8 Å². The smallest absolute Gasteiger partial charge is 0.260 e. The van der Waals surface area contributed by atoms with Crippen molar-refractivity contribution in [3.05, 3.63) is 60.3 Å². The summed E-state index contributed by atoms with van der Waals surface area (Å²) in [6, 6.07) is 15.3. The van der Waals surface area contributed by atoms with Gasteiger partial charge in [0.25, 0.3) is 5.91 Å². The molecule has 130 valence electrons. The lowest BCUT2D eigenvalue weighted by Gasteiger charge is -2.14. The van der Waals surface area contributed by atoms with E-state index in [1.165, 1.54) is 0 Å².